The molecule has 1 aromatic heterocycles. The van der Waals surface area contributed by atoms with Crippen molar-refractivity contribution in [1.82, 2.24) is 4.98 Å². The zero-order valence-electron chi connectivity index (χ0n) is 11.8. The number of nitrogens with zero attached hydrogens (tertiary/aromatic N) is 2. The third-order valence-corrected chi connectivity index (χ3v) is 3.36. The van der Waals surface area contributed by atoms with Crippen molar-refractivity contribution in [3.8, 4) is 0 Å². The van der Waals surface area contributed by atoms with Crippen molar-refractivity contribution in [1.29, 1.82) is 0 Å². The van der Waals surface area contributed by atoms with Crippen LogP contribution >= 0.6 is 0 Å². The van der Waals surface area contributed by atoms with E-state index >= 15 is 0 Å². The minimum atomic E-state index is 0.0358. The molecule has 0 radical (unpaired) electrons. The molecule has 0 bridgehead atoms. The molecule has 2 aromatic rings. The molecule has 0 spiro atoms. The molecular formula is C16H21N3. The van der Waals surface area contributed by atoms with Gasteiger partial charge in [-0.3, -0.25) is 0 Å². The Morgan fingerprint density at radius 2 is 2.00 bits per heavy atom. The number of pyridine rings is 1. The Kier molecular flexibility index (Phi) is 4.17. The van der Waals surface area contributed by atoms with Crippen LogP contribution in [0.2, 0.25) is 0 Å². The monoisotopic (exact) mass is 255 g/mol. The van der Waals surface area contributed by atoms with E-state index < -0.39 is 0 Å². The number of benzene rings is 1. The largest absolute Gasteiger partial charge is 0.355 e. The summed E-state index contributed by atoms with van der Waals surface area (Å²) in [6, 6.07) is 12.5. The lowest BCUT2D eigenvalue weighted by Gasteiger charge is -2.20. The first-order valence-corrected chi connectivity index (χ1v) is 6.55. The summed E-state index contributed by atoms with van der Waals surface area (Å²) in [4.78, 5) is 6.56. The van der Waals surface area contributed by atoms with Crippen LogP contribution in [0.25, 0.3) is 0 Å². The van der Waals surface area contributed by atoms with E-state index in [1.165, 1.54) is 11.1 Å². The highest BCUT2D eigenvalue weighted by Gasteiger charge is 2.07. The molecule has 0 fully saturated rings. The summed E-state index contributed by atoms with van der Waals surface area (Å²) in [7, 11) is 2.06. The molecule has 3 nitrogen and oxygen atoms in total. The summed E-state index contributed by atoms with van der Waals surface area (Å²) < 4.78 is 0. The van der Waals surface area contributed by atoms with Gasteiger partial charge in [0.25, 0.3) is 0 Å². The summed E-state index contributed by atoms with van der Waals surface area (Å²) in [5.74, 6) is 0.957. The van der Waals surface area contributed by atoms with Crippen LogP contribution in [0.3, 0.4) is 0 Å². The van der Waals surface area contributed by atoms with E-state index in [2.05, 4.69) is 54.2 Å². The fourth-order valence-electron chi connectivity index (χ4n) is 2.05. The standard InChI is InChI=1S/C16H21N3/c1-12-6-4-5-7-15(12)11-19(3)16-10-14(13(2)17)8-9-18-16/h4-10,13H,11,17H2,1-3H3/t13-/m1/s1. The fourth-order valence-corrected chi connectivity index (χ4v) is 2.05. The van der Waals surface area contributed by atoms with Gasteiger partial charge >= 0.3 is 0 Å². The van der Waals surface area contributed by atoms with E-state index in [1.807, 2.05) is 19.2 Å². The summed E-state index contributed by atoms with van der Waals surface area (Å²) in [6.45, 7) is 4.97. The van der Waals surface area contributed by atoms with Crippen LogP contribution in [0.1, 0.15) is 29.7 Å². The van der Waals surface area contributed by atoms with Crippen LogP contribution < -0.4 is 10.6 Å². The molecule has 0 aliphatic carbocycles. The summed E-state index contributed by atoms with van der Waals surface area (Å²) in [6.07, 6.45) is 1.82. The van der Waals surface area contributed by atoms with Crippen LogP contribution in [0, 0.1) is 6.92 Å². The second-order valence-corrected chi connectivity index (χ2v) is 5.02. The van der Waals surface area contributed by atoms with Crippen LogP contribution in [-0.2, 0) is 6.54 Å². The summed E-state index contributed by atoms with van der Waals surface area (Å²) >= 11 is 0. The second kappa shape index (κ2) is 5.85. The lowest BCUT2D eigenvalue weighted by atomic mass is 10.1. The average molecular weight is 255 g/mol. The Bertz CT molecular complexity index is 549. The fraction of sp³-hybridized carbons (Fsp3) is 0.312. The quantitative estimate of drug-likeness (QED) is 0.913. The van der Waals surface area contributed by atoms with Gasteiger partial charge in [0.2, 0.25) is 0 Å². The molecular weight excluding hydrogens is 234 g/mol. The van der Waals surface area contributed by atoms with Crippen LogP contribution in [0.5, 0.6) is 0 Å². The summed E-state index contributed by atoms with van der Waals surface area (Å²) in [5, 5.41) is 0. The lowest BCUT2D eigenvalue weighted by molar-refractivity contribution is 0.809. The molecule has 2 N–H and O–H groups in total. The van der Waals surface area contributed by atoms with Crippen molar-refractivity contribution in [3.63, 3.8) is 0 Å². The number of rotatable bonds is 4. The highest BCUT2D eigenvalue weighted by atomic mass is 15.2. The van der Waals surface area contributed by atoms with E-state index in [9.17, 15) is 0 Å². The molecule has 0 unspecified atom stereocenters. The van der Waals surface area contributed by atoms with Crippen molar-refractivity contribution < 1.29 is 0 Å². The molecule has 0 amide bonds. The van der Waals surface area contributed by atoms with E-state index in [4.69, 9.17) is 5.73 Å². The maximum atomic E-state index is 5.91. The van der Waals surface area contributed by atoms with Gasteiger partial charge in [-0.2, -0.15) is 0 Å². The first-order chi connectivity index (χ1) is 9.08. The predicted molar refractivity (Wildman–Crippen MR) is 80.1 cm³/mol. The molecule has 0 aliphatic rings. The first kappa shape index (κ1) is 13.6. The Labute approximate surface area is 115 Å². The third kappa shape index (κ3) is 3.32. The zero-order valence-corrected chi connectivity index (χ0v) is 11.8. The van der Waals surface area contributed by atoms with Gasteiger partial charge in [0.15, 0.2) is 0 Å². The predicted octanol–water partition coefficient (Wildman–Crippen LogP) is 3.05. The van der Waals surface area contributed by atoms with Gasteiger partial charge < -0.3 is 10.6 Å². The molecule has 3 heteroatoms. The normalized spacial score (nSPS) is 12.2. The number of aryl methyl sites for hydroxylation is 1. The highest BCUT2D eigenvalue weighted by Crippen LogP contribution is 2.18. The first-order valence-electron chi connectivity index (χ1n) is 6.55. The third-order valence-electron chi connectivity index (χ3n) is 3.36. The zero-order chi connectivity index (χ0) is 13.8. The number of hydrogen-bond acceptors (Lipinski definition) is 3. The maximum absolute atomic E-state index is 5.91. The minimum absolute atomic E-state index is 0.0358. The van der Waals surface area contributed by atoms with Crippen molar-refractivity contribution >= 4 is 5.82 Å². The Balaban J connectivity index is 2.18. The topological polar surface area (TPSA) is 42.1 Å². The maximum Gasteiger partial charge on any atom is 0.128 e. The van der Waals surface area contributed by atoms with Gasteiger partial charge in [0.1, 0.15) is 5.82 Å². The molecule has 100 valence electrons. The number of nitrogens with two attached hydrogens (primary N) is 1. The second-order valence-electron chi connectivity index (χ2n) is 5.02. The molecule has 2 rings (SSSR count). The Morgan fingerprint density at radius 3 is 2.68 bits per heavy atom. The van der Waals surface area contributed by atoms with Crippen LogP contribution in [0.15, 0.2) is 42.6 Å². The SMILES string of the molecule is Cc1ccccc1CN(C)c1cc([C@@H](C)N)ccn1. The molecule has 0 aliphatic heterocycles. The van der Waals surface area contributed by atoms with Crippen LogP contribution in [-0.4, -0.2) is 12.0 Å². The van der Waals surface area contributed by atoms with E-state index in [0.29, 0.717) is 0 Å². The highest BCUT2D eigenvalue weighted by molar-refractivity contribution is 5.42. The molecule has 19 heavy (non-hydrogen) atoms. The number of hydrogen-bond donors (Lipinski definition) is 1. The van der Waals surface area contributed by atoms with Gasteiger partial charge in [-0.15, -0.1) is 0 Å². The van der Waals surface area contributed by atoms with E-state index in [-0.39, 0.29) is 6.04 Å². The van der Waals surface area contributed by atoms with Gasteiger partial charge in [-0.25, -0.2) is 4.98 Å². The number of aromatic nitrogens is 1. The smallest absolute Gasteiger partial charge is 0.128 e. The molecule has 0 saturated heterocycles. The van der Waals surface area contributed by atoms with Crippen molar-refractivity contribution in [3.05, 3.63) is 59.3 Å². The van der Waals surface area contributed by atoms with Gasteiger partial charge in [-0.1, -0.05) is 24.3 Å². The van der Waals surface area contributed by atoms with Gasteiger partial charge in [-0.05, 0) is 42.7 Å². The van der Waals surface area contributed by atoms with E-state index in [0.717, 1.165) is 17.9 Å². The van der Waals surface area contributed by atoms with Gasteiger partial charge in [0.05, 0.1) is 0 Å². The molecule has 1 atom stereocenters. The van der Waals surface area contributed by atoms with Crippen LogP contribution in [0.4, 0.5) is 5.82 Å². The van der Waals surface area contributed by atoms with Crippen molar-refractivity contribution in [2.75, 3.05) is 11.9 Å². The van der Waals surface area contributed by atoms with E-state index in [1.54, 1.807) is 0 Å². The molecule has 1 heterocycles. The van der Waals surface area contributed by atoms with Crippen molar-refractivity contribution in [2.45, 2.75) is 26.4 Å². The Morgan fingerprint density at radius 1 is 1.26 bits per heavy atom. The van der Waals surface area contributed by atoms with Gasteiger partial charge in [0, 0.05) is 25.8 Å². The summed E-state index contributed by atoms with van der Waals surface area (Å²) in [5.41, 5.74) is 9.65. The Hall–Kier alpha value is -1.87. The number of anilines is 1. The average Bonchev–Trinajstić information content (AvgIpc) is 2.41. The molecule has 0 saturated carbocycles. The molecule has 1 aromatic carbocycles. The lowest BCUT2D eigenvalue weighted by Crippen LogP contribution is -2.19. The minimum Gasteiger partial charge on any atom is -0.355 e. The van der Waals surface area contributed by atoms with Crippen molar-refractivity contribution in [2.24, 2.45) is 5.73 Å².